The van der Waals surface area contributed by atoms with Crippen LogP contribution in [0.1, 0.15) is 90.4 Å². The summed E-state index contributed by atoms with van der Waals surface area (Å²) in [6, 6.07) is 0. The molecule has 158 valence electrons. The molecule has 0 saturated carbocycles. The summed E-state index contributed by atoms with van der Waals surface area (Å²) in [5.74, 6) is 0. The van der Waals surface area contributed by atoms with E-state index in [1.165, 1.54) is 44.9 Å². The zero-order valence-corrected chi connectivity index (χ0v) is 17.0. The average Bonchev–Trinajstić information content (AvgIpc) is 2.59. The fraction of sp³-hybridized carbons (Fsp3) is 1.00. The van der Waals surface area contributed by atoms with Crippen LogP contribution < -0.4 is 0 Å². The summed E-state index contributed by atoms with van der Waals surface area (Å²) >= 11 is 0. The Morgan fingerprint density at radius 2 is 1.31 bits per heavy atom. The summed E-state index contributed by atoms with van der Waals surface area (Å²) in [6.45, 7) is 1.42. The van der Waals surface area contributed by atoms with Crippen molar-refractivity contribution in [3.05, 3.63) is 0 Å². The van der Waals surface area contributed by atoms with Crippen LogP contribution in [0.4, 0.5) is 0 Å². The zero-order chi connectivity index (χ0) is 19.7. The highest BCUT2D eigenvalue weighted by molar-refractivity contribution is 7.81. The Hall–Kier alpha value is -0.250. The first-order valence-corrected chi connectivity index (χ1v) is 11.3. The van der Waals surface area contributed by atoms with Gasteiger partial charge < -0.3 is 15.3 Å². The predicted octanol–water partition coefficient (Wildman–Crippen LogP) is 3.03. The van der Waals surface area contributed by atoms with Crippen molar-refractivity contribution < 1.29 is 32.1 Å². The van der Waals surface area contributed by atoms with E-state index in [0.717, 1.165) is 19.3 Å². The van der Waals surface area contributed by atoms with Crippen LogP contribution in [0, 0.1) is 0 Å². The van der Waals surface area contributed by atoms with Gasteiger partial charge in [-0.15, -0.1) is 0 Å². The standard InChI is InChI=1S/C18H38O7S/c1-2-3-4-5-6-7-8-9-10-11-13-17(14-12-15-19)25-26(22,23)24-16-18(20)21/h17-21H,2-16H2,1H3. The molecule has 7 nitrogen and oxygen atoms in total. The van der Waals surface area contributed by atoms with Gasteiger partial charge in [0.25, 0.3) is 0 Å². The van der Waals surface area contributed by atoms with Gasteiger partial charge in [-0.05, 0) is 19.3 Å². The third-order valence-corrected chi connectivity index (χ3v) is 5.11. The first-order valence-electron chi connectivity index (χ1n) is 9.96. The maximum atomic E-state index is 11.7. The maximum Gasteiger partial charge on any atom is 0.400 e. The summed E-state index contributed by atoms with van der Waals surface area (Å²) in [5, 5.41) is 26.3. The lowest BCUT2D eigenvalue weighted by Crippen LogP contribution is -2.24. The van der Waals surface area contributed by atoms with Crippen LogP contribution in [-0.2, 0) is 18.8 Å². The molecule has 0 radical (unpaired) electrons. The summed E-state index contributed by atoms with van der Waals surface area (Å²) in [7, 11) is -4.27. The Labute approximate surface area is 159 Å². The number of hydrogen-bond donors (Lipinski definition) is 3. The monoisotopic (exact) mass is 398 g/mol. The van der Waals surface area contributed by atoms with Crippen LogP contribution >= 0.6 is 0 Å². The van der Waals surface area contributed by atoms with Gasteiger partial charge in [0.15, 0.2) is 6.29 Å². The van der Waals surface area contributed by atoms with Crippen molar-refractivity contribution in [3.63, 3.8) is 0 Å². The largest absolute Gasteiger partial charge is 0.400 e. The SMILES string of the molecule is CCCCCCCCCCCCC(CCCO)OS(=O)(=O)OCC(O)O. The Balaban J connectivity index is 3.93. The quantitative estimate of drug-likeness (QED) is 0.226. The molecule has 0 aliphatic heterocycles. The number of aliphatic hydroxyl groups excluding tert-OH is 2. The number of aliphatic hydroxyl groups is 3. The van der Waals surface area contributed by atoms with Crippen molar-refractivity contribution in [3.8, 4) is 0 Å². The summed E-state index contributed by atoms with van der Waals surface area (Å²) < 4.78 is 32.7. The fourth-order valence-corrected chi connectivity index (χ4v) is 3.63. The Morgan fingerprint density at radius 3 is 1.81 bits per heavy atom. The second-order valence-corrected chi connectivity index (χ2v) is 7.97. The molecule has 0 bridgehead atoms. The van der Waals surface area contributed by atoms with Crippen LogP contribution in [0.2, 0.25) is 0 Å². The number of rotatable bonds is 19. The molecular formula is C18H38O7S. The van der Waals surface area contributed by atoms with Gasteiger partial charge in [-0.2, -0.15) is 8.42 Å². The van der Waals surface area contributed by atoms with Gasteiger partial charge in [0, 0.05) is 6.61 Å². The van der Waals surface area contributed by atoms with Gasteiger partial charge in [0.05, 0.1) is 6.10 Å². The van der Waals surface area contributed by atoms with Crippen LogP contribution in [0.15, 0.2) is 0 Å². The van der Waals surface area contributed by atoms with Crippen LogP contribution in [0.3, 0.4) is 0 Å². The smallest absolute Gasteiger partial charge is 0.396 e. The topological polar surface area (TPSA) is 113 Å². The second kappa shape index (κ2) is 16.9. The van der Waals surface area contributed by atoms with E-state index in [2.05, 4.69) is 11.1 Å². The van der Waals surface area contributed by atoms with E-state index in [1.54, 1.807) is 0 Å². The molecule has 0 amide bonds. The minimum atomic E-state index is -4.27. The lowest BCUT2D eigenvalue weighted by atomic mass is 10.0. The highest BCUT2D eigenvalue weighted by Gasteiger charge is 2.21. The molecule has 0 spiro atoms. The van der Waals surface area contributed by atoms with Crippen molar-refractivity contribution in [1.82, 2.24) is 0 Å². The fourth-order valence-electron chi connectivity index (χ4n) is 2.76. The first kappa shape index (κ1) is 25.8. The second-order valence-electron chi connectivity index (χ2n) is 6.73. The van der Waals surface area contributed by atoms with Crippen LogP contribution in [0.5, 0.6) is 0 Å². The molecule has 1 unspecified atom stereocenters. The van der Waals surface area contributed by atoms with Crippen molar-refractivity contribution in [1.29, 1.82) is 0 Å². The molecular weight excluding hydrogens is 360 g/mol. The normalized spacial score (nSPS) is 13.4. The molecule has 1 atom stereocenters. The average molecular weight is 399 g/mol. The summed E-state index contributed by atoms with van der Waals surface area (Å²) in [6.07, 6.45) is 10.9. The van der Waals surface area contributed by atoms with E-state index in [-0.39, 0.29) is 6.61 Å². The van der Waals surface area contributed by atoms with Gasteiger partial charge in [0.2, 0.25) is 0 Å². The number of hydrogen-bond acceptors (Lipinski definition) is 7. The minimum Gasteiger partial charge on any atom is -0.396 e. The Kier molecular flexibility index (Phi) is 16.7. The van der Waals surface area contributed by atoms with E-state index >= 15 is 0 Å². The van der Waals surface area contributed by atoms with Crippen LogP contribution in [-0.4, -0.2) is 49.3 Å². The van der Waals surface area contributed by atoms with E-state index in [9.17, 15) is 8.42 Å². The van der Waals surface area contributed by atoms with Crippen molar-refractivity contribution in [2.24, 2.45) is 0 Å². The van der Waals surface area contributed by atoms with Crippen molar-refractivity contribution >= 4 is 10.4 Å². The lowest BCUT2D eigenvalue weighted by Gasteiger charge is -2.17. The summed E-state index contributed by atoms with van der Waals surface area (Å²) in [5.41, 5.74) is 0. The van der Waals surface area contributed by atoms with E-state index in [4.69, 9.17) is 19.5 Å². The molecule has 0 saturated heterocycles. The zero-order valence-electron chi connectivity index (χ0n) is 16.1. The van der Waals surface area contributed by atoms with Crippen molar-refractivity contribution in [2.75, 3.05) is 13.2 Å². The van der Waals surface area contributed by atoms with Crippen LogP contribution in [0.25, 0.3) is 0 Å². The van der Waals surface area contributed by atoms with E-state index < -0.39 is 29.4 Å². The molecule has 0 fully saturated rings. The highest BCUT2D eigenvalue weighted by Crippen LogP contribution is 2.17. The van der Waals surface area contributed by atoms with Gasteiger partial charge >= 0.3 is 10.4 Å². The molecule has 0 aliphatic carbocycles. The molecule has 0 aromatic carbocycles. The molecule has 0 rings (SSSR count). The van der Waals surface area contributed by atoms with E-state index in [1.807, 2.05) is 0 Å². The van der Waals surface area contributed by atoms with Gasteiger partial charge in [-0.1, -0.05) is 71.1 Å². The number of unbranched alkanes of at least 4 members (excludes halogenated alkanes) is 9. The van der Waals surface area contributed by atoms with Gasteiger partial charge in [-0.25, -0.2) is 8.37 Å². The maximum absolute atomic E-state index is 11.7. The Morgan fingerprint density at radius 1 is 0.808 bits per heavy atom. The highest BCUT2D eigenvalue weighted by atomic mass is 32.3. The lowest BCUT2D eigenvalue weighted by molar-refractivity contribution is -0.0706. The third-order valence-electron chi connectivity index (χ3n) is 4.18. The van der Waals surface area contributed by atoms with E-state index in [0.29, 0.717) is 19.3 Å². The summed E-state index contributed by atoms with van der Waals surface area (Å²) in [4.78, 5) is 0. The van der Waals surface area contributed by atoms with Crippen molar-refractivity contribution in [2.45, 2.75) is 103 Å². The molecule has 0 aromatic heterocycles. The third kappa shape index (κ3) is 17.2. The molecule has 0 heterocycles. The molecule has 8 heteroatoms. The Bertz CT molecular complexity index is 398. The molecule has 0 aliphatic rings. The molecule has 3 N–H and O–H groups in total. The molecule has 26 heavy (non-hydrogen) atoms. The first-order chi connectivity index (χ1) is 12.4. The minimum absolute atomic E-state index is 0.0336. The predicted molar refractivity (Wildman–Crippen MR) is 101 cm³/mol. The molecule has 0 aromatic rings. The van der Waals surface area contributed by atoms with Gasteiger partial charge in [0.1, 0.15) is 6.61 Å². The van der Waals surface area contributed by atoms with Gasteiger partial charge in [-0.3, -0.25) is 0 Å².